The van der Waals surface area contributed by atoms with Crippen molar-refractivity contribution in [2.75, 3.05) is 18.1 Å². The highest BCUT2D eigenvalue weighted by molar-refractivity contribution is 5.97. The van der Waals surface area contributed by atoms with Crippen molar-refractivity contribution in [3.63, 3.8) is 0 Å². The highest BCUT2D eigenvalue weighted by Crippen LogP contribution is 2.29. The van der Waals surface area contributed by atoms with Crippen molar-refractivity contribution >= 4 is 11.5 Å². The molecule has 1 fully saturated rings. The van der Waals surface area contributed by atoms with E-state index in [0.717, 1.165) is 31.5 Å². The Balaban J connectivity index is 2.28. The van der Waals surface area contributed by atoms with E-state index in [2.05, 4.69) is 4.90 Å². The van der Waals surface area contributed by atoms with Crippen molar-refractivity contribution in [2.45, 2.75) is 38.6 Å². The van der Waals surface area contributed by atoms with Gasteiger partial charge in [0.05, 0.1) is 18.2 Å². The molecule has 0 bridgehead atoms. The molecular weight excluding hydrogens is 242 g/mol. The van der Waals surface area contributed by atoms with Crippen LogP contribution < -0.4 is 4.90 Å². The average Bonchev–Trinajstić information content (AvgIpc) is 2.63. The number of aliphatic hydroxyl groups excluding tert-OH is 1. The molecule has 0 radical (unpaired) electrons. The van der Waals surface area contributed by atoms with Gasteiger partial charge in [0, 0.05) is 18.3 Å². The second kappa shape index (κ2) is 6.06. The van der Waals surface area contributed by atoms with E-state index in [-0.39, 0.29) is 24.2 Å². The van der Waals surface area contributed by atoms with Gasteiger partial charge in [-0.15, -0.1) is 0 Å². The second-order valence-corrected chi connectivity index (χ2v) is 5.14. The molecule has 1 heterocycles. The third-order valence-corrected chi connectivity index (χ3v) is 3.78. The fourth-order valence-corrected chi connectivity index (χ4v) is 2.70. The van der Waals surface area contributed by atoms with Crippen LogP contribution in [0.25, 0.3) is 0 Å². The van der Waals surface area contributed by atoms with Gasteiger partial charge >= 0.3 is 0 Å². The highest BCUT2D eigenvalue weighted by atomic mass is 16.3. The zero-order valence-corrected chi connectivity index (χ0v) is 11.3. The average molecular weight is 263 g/mol. The first-order valence-electron chi connectivity index (χ1n) is 6.85. The van der Waals surface area contributed by atoms with Crippen LogP contribution in [0.1, 0.15) is 43.0 Å². The van der Waals surface area contributed by atoms with Gasteiger partial charge in [0.15, 0.2) is 5.78 Å². The predicted octanol–water partition coefficient (Wildman–Crippen LogP) is 2.34. The molecule has 1 atom stereocenters. The van der Waals surface area contributed by atoms with Crippen LogP contribution in [-0.4, -0.2) is 35.2 Å². The molecule has 0 amide bonds. The summed E-state index contributed by atoms with van der Waals surface area (Å²) < 4.78 is 0. The number of anilines is 1. The van der Waals surface area contributed by atoms with E-state index in [9.17, 15) is 15.0 Å². The maximum Gasteiger partial charge on any atom is 0.163 e. The maximum atomic E-state index is 11.3. The van der Waals surface area contributed by atoms with Gasteiger partial charge in [-0.1, -0.05) is 12.8 Å². The van der Waals surface area contributed by atoms with Gasteiger partial charge in [0.25, 0.3) is 0 Å². The number of hydrogen-bond acceptors (Lipinski definition) is 4. The Morgan fingerprint density at radius 3 is 2.79 bits per heavy atom. The van der Waals surface area contributed by atoms with E-state index in [0.29, 0.717) is 5.56 Å². The molecular formula is C15H21NO3. The van der Waals surface area contributed by atoms with Gasteiger partial charge in [-0.05, 0) is 31.9 Å². The van der Waals surface area contributed by atoms with Crippen LogP contribution >= 0.6 is 0 Å². The Bertz CT molecular complexity index is 459. The summed E-state index contributed by atoms with van der Waals surface area (Å²) in [4.78, 5) is 13.5. The number of hydrogen-bond donors (Lipinski definition) is 2. The molecule has 1 aromatic rings. The quantitative estimate of drug-likeness (QED) is 0.822. The molecule has 1 aliphatic rings. The van der Waals surface area contributed by atoms with E-state index < -0.39 is 0 Å². The third kappa shape index (κ3) is 3.07. The van der Waals surface area contributed by atoms with Crippen LogP contribution in [0.3, 0.4) is 0 Å². The van der Waals surface area contributed by atoms with Crippen LogP contribution in [0, 0.1) is 0 Å². The van der Waals surface area contributed by atoms with Gasteiger partial charge in [-0.3, -0.25) is 4.79 Å². The Morgan fingerprint density at radius 1 is 1.37 bits per heavy atom. The van der Waals surface area contributed by atoms with Crippen molar-refractivity contribution in [1.82, 2.24) is 0 Å². The number of aliphatic hydroxyl groups is 1. The number of ketones is 1. The largest absolute Gasteiger partial charge is 0.507 e. The molecule has 104 valence electrons. The number of carbonyl (C=O) groups excluding carboxylic acids is 1. The van der Waals surface area contributed by atoms with Crippen LogP contribution in [0.5, 0.6) is 5.75 Å². The lowest BCUT2D eigenvalue weighted by atomic mass is 10.1. The molecule has 0 spiro atoms. The molecule has 0 saturated carbocycles. The van der Waals surface area contributed by atoms with Crippen molar-refractivity contribution in [2.24, 2.45) is 0 Å². The molecule has 0 aromatic heterocycles. The number of nitrogens with zero attached hydrogens (tertiary/aromatic N) is 1. The summed E-state index contributed by atoms with van der Waals surface area (Å²) in [5.74, 6) is -0.121. The van der Waals surface area contributed by atoms with Crippen molar-refractivity contribution in [3.05, 3.63) is 23.8 Å². The minimum absolute atomic E-state index is 0.0194. The summed E-state index contributed by atoms with van der Waals surface area (Å²) in [6, 6.07) is 5.24. The second-order valence-electron chi connectivity index (χ2n) is 5.14. The van der Waals surface area contributed by atoms with Crippen LogP contribution in [-0.2, 0) is 0 Å². The van der Waals surface area contributed by atoms with Crippen molar-refractivity contribution in [1.29, 1.82) is 0 Å². The lowest BCUT2D eigenvalue weighted by Crippen LogP contribution is -2.37. The van der Waals surface area contributed by atoms with Crippen molar-refractivity contribution in [3.8, 4) is 5.75 Å². The van der Waals surface area contributed by atoms with E-state index in [4.69, 9.17) is 0 Å². The number of Topliss-reactive ketones (excluding diaryl/α,β-unsaturated/α-hetero) is 1. The first-order chi connectivity index (χ1) is 9.13. The molecule has 4 heteroatoms. The van der Waals surface area contributed by atoms with Crippen LogP contribution in [0.4, 0.5) is 5.69 Å². The van der Waals surface area contributed by atoms with E-state index in [1.165, 1.54) is 13.3 Å². The summed E-state index contributed by atoms with van der Waals surface area (Å²) in [5, 5.41) is 19.4. The zero-order valence-electron chi connectivity index (χ0n) is 11.3. The number of phenolic OH excluding ortho intramolecular Hbond substituents is 1. The van der Waals surface area contributed by atoms with Crippen LogP contribution in [0.15, 0.2) is 18.2 Å². The Hall–Kier alpha value is -1.55. The fraction of sp³-hybridized carbons (Fsp3) is 0.533. The Kier molecular flexibility index (Phi) is 4.43. The number of benzene rings is 1. The first kappa shape index (κ1) is 13.9. The topological polar surface area (TPSA) is 60.8 Å². The zero-order chi connectivity index (χ0) is 13.8. The molecule has 1 aromatic carbocycles. The minimum atomic E-state index is -0.140. The van der Waals surface area contributed by atoms with Gasteiger partial charge in [0.1, 0.15) is 5.75 Å². The molecule has 2 N–H and O–H groups in total. The normalized spacial score (nSPS) is 20.1. The van der Waals surface area contributed by atoms with E-state index >= 15 is 0 Å². The molecule has 2 rings (SSSR count). The fourth-order valence-electron chi connectivity index (χ4n) is 2.70. The summed E-state index contributed by atoms with van der Waals surface area (Å²) in [5.41, 5.74) is 1.22. The molecule has 19 heavy (non-hydrogen) atoms. The molecule has 1 unspecified atom stereocenters. The number of phenols is 1. The smallest absolute Gasteiger partial charge is 0.163 e. The summed E-state index contributed by atoms with van der Waals surface area (Å²) in [7, 11) is 0. The lowest BCUT2D eigenvalue weighted by molar-refractivity contribution is 0.101. The van der Waals surface area contributed by atoms with Gasteiger partial charge in [-0.2, -0.15) is 0 Å². The van der Waals surface area contributed by atoms with Crippen molar-refractivity contribution < 1.29 is 15.0 Å². The molecule has 4 nitrogen and oxygen atoms in total. The highest BCUT2D eigenvalue weighted by Gasteiger charge is 2.21. The summed E-state index contributed by atoms with van der Waals surface area (Å²) >= 11 is 0. The standard InChI is InChI=1S/C15H21NO3/c1-11(18)14-7-6-12(9-15(14)19)16-8-4-2-3-5-13(16)10-17/h6-7,9,13,17,19H,2-5,8,10H2,1H3. The predicted molar refractivity (Wildman–Crippen MR) is 74.8 cm³/mol. The van der Waals surface area contributed by atoms with Gasteiger partial charge in [-0.25, -0.2) is 0 Å². The molecule has 1 saturated heterocycles. The molecule has 0 aliphatic carbocycles. The number of rotatable bonds is 3. The summed E-state index contributed by atoms with van der Waals surface area (Å²) in [6.45, 7) is 2.44. The monoisotopic (exact) mass is 263 g/mol. The van der Waals surface area contributed by atoms with Gasteiger partial charge in [0.2, 0.25) is 0 Å². The van der Waals surface area contributed by atoms with E-state index in [1.807, 2.05) is 6.07 Å². The first-order valence-corrected chi connectivity index (χ1v) is 6.85. The Labute approximate surface area is 113 Å². The Morgan fingerprint density at radius 2 is 2.16 bits per heavy atom. The number of carbonyl (C=O) groups is 1. The lowest BCUT2D eigenvalue weighted by Gasteiger charge is -2.31. The third-order valence-electron chi connectivity index (χ3n) is 3.78. The van der Waals surface area contributed by atoms with Gasteiger partial charge < -0.3 is 15.1 Å². The van der Waals surface area contributed by atoms with E-state index in [1.54, 1.807) is 12.1 Å². The summed E-state index contributed by atoms with van der Waals surface area (Å²) in [6.07, 6.45) is 4.35. The number of aromatic hydroxyl groups is 1. The maximum absolute atomic E-state index is 11.3. The minimum Gasteiger partial charge on any atom is -0.507 e. The molecule has 1 aliphatic heterocycles. The van der Waals surface area contributed by atoms with Crippen LogP contribution in [0.2, 0.25) is 0 Å². The SMILES string of the molecule is CC(=O)c1ccc(N2CCCCCC2CO)cc1O.